The number of nitrogens with one attached hydrogen (secondary N) is 1. The molecule has 126 valence electrons. The third kappa shape index (κ3) is 6.50. The van der Waals surface area contributed by atoms with E-state index in [9.17, 15) is 14.4 Å². The Morgan fingerprint density at radius 1 is 1.22 bits per heavy atom. The van der Waals surface area contributed by atoms with Gasteiger partial charge in [0.05, 0.1) is 12.7 Å². The van der Waals surface area contributed by atoms with Crippen molar-refractivity contribution in [3.8, 4) is 0 Å². The molecule has 1 N–H and O–H groups in total. The maximum atomic E-state index is 11.9. The van der Waals surface area contributed by atoms with Crippen LogP contribution in [0.5, 0.6) is 0 Å². The minimum atomic E-state index is -0.745. The number of rotatable bonds is 7. The van der Waals surface area contributed by atoms with Gasteiger partial charge in [-0.2, -0.15) is 0 Å². The lowest BCUT2D eigenvalue weighted by Gasteiger charge is -2.18. The summed E-state index contributed by atoms with van der Waals surface area (Å²) in [5.41, 5.74) is 1.30. The lowest BCUT2D eigenvalue weighted by Crippen LogP contribution is -2.44. The first-order chi connectivity index (χ1) is 10.8. The Kier molecular flexibility index (Phi) is 7.25. The van der Waals surface area contributed by atoms with Crippen LogP contribution >= 0.6 is 0 Å². The van der Waals surface area contributed by atoms with Crippen LogP contribution in [-0.4, -0.2) is 37.6 Å². The molecular formula is C17H23NO5. The summed E-state index contributed by atoms with van der Waals surface area (Å²) in [5, 5.41) is 2.53. The number of benzene rings is 1. The fraction of sp³-hybridized carbons (Fsp3) is 0.471. The molecule has 0 spiro atoms. The molecule has 0 saturated carbocycles. The zero-order valence-electron chi connectivity index (χ0n) is 13.9. The number of methoxy groups -OCH3 is 1. The largest absolute Gasteiger partial charge is 0.467 e. The number of esters is 2. The van der Waals surface area contributed by atoms with Crippen LogP contribution in [0.3, 0.4) is 0 Å². The highest BCUT2D eigenvalue weighted by molar-refractivity contribution is 5.92. The molecule has 0 aromatic heterocycles. The van der Waals surface area contributed by atoms with Crippen molar-refractivity contribution in [2.24, 2.45) is 5.92 Å². The van der Waals surface area contributed by atoms with E-state index in [0.717, 1.165) is 5.56 Å². The van der Waals surface area contributed by atoms with Gasteiger partial charge >= 0.3 is 11.9 Å². The van der Waals surface area contributed by atoms with Gasteiger partial charge in [0.15, 0.2) is 6.61 Å². The van der Waals surface area contributed by atoms with E-state index in [1.165, 1.54) is 7.11 Å². The molecule has 0 heterocycles. The lowest BCUT2D eigenvalue weighted by molar-refractivity contribution is -0.145. The second-order valence-corrected chi connectivity index (χ2v) is 5.72. The Bertz CT molecular complexity index is 568. The Balaban J connectivity index is 2.54. The van der Waals surface area contributed by atoms with Gasteiger partial charge in [0.2, 0.25) is 0 Å². The van der Waals surface area contributed by atoms with Crippen LogP contribution in [0.1, 0.15) is 36.2 Å². The van der Waals surface area contributed by atoms with Gasteiger partial charge in [-0.3, -0.25) is 4.79 Å². The first-order valence-corrected chi connectivity index (χ1v) is 7.44. The van der Waals surface area contributed by atoms with E-state index in [4.69, 9.17) is 4.74 Å². The van der Waals surface area contributed by atoms with E-state index in [1.54, 1.807) is 18.2 Å². The Hall–Kier alpha value is -2.37. The molecule has 0 unspecified atom stereocenters. The Labute approximate surface area is 136 Å². The van der Waals surface area contributed by atoms with Crippen LogP contribution in [0.15, 0.2) is 24.3 Å². The molecule has 0 radical (unpaired) electrons. The highest BCUT2D eigenvalue weighted by Gasteiger charge is 2.23. The standard InChI is InChI=1S/C17H23NO5/c1-11(2)8-14(17(21)22-4)18-15(19)10-23-16(20)13-7-5-6-12(3)9-13/h5-7,9,11,14H,8,10H2,1-4H3,(H,18,19)/t14-/m0/s1. The average Bonchev–Trinajstić information content (AvgIpc) is 2.50. The minimum absolute atomic E-state index is 0.203. The molecule has 6 heteroatoms. The minimum Gasteiger partial charge on any atom is -0.467 e. The SMILES string of the molecule is COC(=O)[C@H](CC(C)C)NC(=O)COC(=O)c1cccc(C)c1. The molecule has 0 aliphatic carbocycles. The molecule has 1 aromatic carbocycles. The third-order valence-corrected chi connectivity index (χ3v) is 3.12. The molecule has 0 saturated heterocycles. The van der Waals surface area contributed by atoms with Crippen molar-refractivity contribution >= 4 is 17.8 Å². The summed E-state index contributed by atoms with van der Waals surface area (Å²) in [5.74, 6) is -1.43. The normalized spacial score (nSPS) is 11.7. The maximum Gasteiger partial charge on any atom is 0.338 e. The number of ether oxygens (including phenoxy) is 2. The van der Waals surface area contributed by atoms with Crippen molar-refractivity contribution in [2.45, 2.75) is 33.2 Å². The second kappa shape index (κ2) is 8.92. The van der Waals surface area contributed by atoms with Gasteiger partial charge in [0, 0.05) is 0 Å². The number of hydrogen-bond donors (Lipinski definition) is 1. The van der Waals surface area contributed by atoms with Crippen molar-refractivity contribution in [3.63, 3.8) is 0 Å². The first-order valence-electron chi connectivity index (χ1n) is 7.44. The summed E-state index contributed by atoms with van der Waals surface area (Å²) in [6.45, 7) is 5.27. The van der Waals surface area contributed by atoms with Crippen molar-refractivity contribution in [1.82, 2.24) is 5.32 Å². The number of amides is 1. The first kappa shape index (κ1) is 18.7. The van der Waals surface area contributed by atoms with Crippen LogP contribution in [0, 0.1) is 12.8 Å². The highest BCUT2D eigenvalue weighted by Crippen LogP contribution is 2.07. The summed E-state index contributed by atoms with van der Waals surface area (Å²) < 4.78 is 9.62. The van der Waals surface area contributed by atoms with Gasteiger partial charge in [-0.05, 0) is 31.4 Å². The average molecular weight is 321 g/mol. The van der Waals surface area contributed by atoms with E-state index in [1.807, 2.05) is 26.8 Å². The monoisotopic (exact) mass is 321 g/mol. The molecule has 1 aromatic rings. The van der Waals surface area contributed by atoms with Crippen molar-refractivity contribution in [1.29, 1.82) is 0 Å². The van der Waals surface area contributed by atoms with Gasteiger partial charge < -0.3 is 14.8 Å². The van der Waals surface area contributed by atoms with Crippen LogP contribution < -0.4 is 5.32 Å². The van der Waals surface area contributed by atoms with Crippen LogP contribution in [-0.2, 0) is 19.1 Å². The fourth-order valence-corrected chi connectivity index (χ4v) is 2.05. The van der Waals surface area contributed by atoms with Crippen LogP contribution in [0.25, 0.3) is 0 Å². The third-order valence-electron chi connectivity index (χ3n) is 3.12. The van der Waals surface area contributed by atoms with Crippen molar-refractivity contribution < 1.29 is 23.9 Å². The van der Waals surface area contributed by atoms with Gasteiger partial charge in [0.25, 0.3) is 5.91 Å². The zero-order valence-corrected chi connectivity index (χ0v) is 13.9. The Morgan fingerprint density at radius 2 is 1.91 bits per heavy atom. The van der Waals surface area contributed by atoms with Crippen LogP contribution in [0.4, 0.5) is 0 Å². The van der Waals surface area contributed by atoms with Gasteiger partial charge in [-0.25, -0.2) is 9.59 Å². The van der Waals surface area contributed by atoms with Crippen molar-refractivity contribution in [2.75, 3.05) is 13.7 Å². The molecular weight excluding hydrogens is 298 g/mol. The molecule has 6 nitrogen and oxygen atoms in total. The number of carbonyl (C=O) groups is 3. The zero-order chi connectivity index (χ0) is 17.4. The number of carbonyl (C=O) groups excluding carboxylic acids is 3. The molecule has 0 fully saturated rings. The van der Waals surface area contributed by atoms with Crippen molar-refractivity contribution in [3.05, 3.63) is 35.4 Å². The molecule has 23 heavy (non-hydrogen) atoms. The molecule has 0 aliphatic heterocycles. The maximum absolute atomic E-state index is 11.9. The predicted molar refractivity (Wildman–Crippen MR) is 84.9 cm³/mol. The molecule has 1 atom stereocenters. The van der Waals surface area contributed by atoms with Gasteiger partial charge in [-0.1, -0.05) is 31.5 Å². The smallest absolute Gasteiger partial charge is 0.338 e. The molecule has 0 aliphatic rings. The quantitative estimate of drug-likeness (QED) is 0.775. The fourth-order valence-electron chi connectivity index (χ4n) is 2.05. The number of hydrogen-bond acceptors (Lipinski definition) is 5. The molecule has 1 amide bonds. The molecule has 1 rings (SSSR count). The summed E-state index contributed by atoms with van der Waals surface area (Å²) >= 11 is 0. The van der Waals surface area contributed by atoms with E-state index in [-0.39, 0.29) is 5.92 Å². The topological polar surface area (TPSA) is 81.7 Å². The van der Waals surface area contributed by atoms with Gasteiger partial charge in [0.1, 0.15) is 6.04 Å². The summed E-state index contributed by atoms with van der Waals surface area (Å²) in [6, 6.07) is 6.14. The highest BCUT2D eigenvalue weighted by atomic mass is 16.5. The lowest BCUT2D eigenvalue weighted by atomic mass is 10.0. The second-order valence-electron chi connectivity index (χ2n) is 5.72. The Morgan fingerprint density at radius 3 is 2.48 bits per heavy atom. The summed E-state index contributed by atoms with van der Waals surface area (Å²) in [4.78, 5) is 35.4. The van der Waals surface area contributed by atoms with E-state index in [2.05, 4.69) is 10.1 Å². The molecule has 0 bridgehead atoms. The summed E-state index contributed by atoms with van der Waals surface area (Å²) in [6.07, 6.45) is 0.449. The summed E-state index contributed by atoms with van der Waals surface area (Å²) in [7, 11) is 1.26. The van der Waals surface area contributed by atoms with E-state index < -0.39 is 30.5 Å². The predicted octanol–water partition coefficient (Wildman–Crippen LogP) is 1.86. The number of aryl methyl sites for hydroxylation is 1. The van der Waals surface area contributed by atoms with E-state index >= 15 is 0 Å². The van der Waals surface area contributed by atoms with Crippen LogP contribution in [0.2, 0.25) is 0 Å². The van der Waals surface area contributed by atoms with Gasteiger partial charge in [-0.15, -0.1) is 0 Å². The van der Waals surface area contributed by atoms with E-state index in [0.29, 0.717) is 12.0 Å².